The lowest BCUT2D eigenvalue weighted by atomic mass is 10.0. The number of ketones is 1. The molecule has 10 heteroatoms. The second-order valence-corrected chi connectivity index (χ2v) is 10.9. The largest absolute Gasteiger partial charge is 0.496 e. The summed E-state index contributed by atoms with van der Waals surface area (Å²) in [4.78, 5) is 24.0. The number of sulfone groups is 1. The van der Waals surface area contributed by atoms with Crippen LogP contribution in [0.15, 0.2) is 42.5 Å². The zero-order valence-corrected chi connectivity index (χ0v) is 20.4. The Morgan fingerprint density at radius 2 is 1.79 bits per heavy atom. The van der Waals surface area contributed by atoms with E-state index in [0.717, 1.165) is 16.9 Å². The smallest absolute Gasteiger partial charge is 0.241 e. The molecule has 1 heterocycles. The molecule has 3 rings (SSSR count). The minimum absolute atomic E-state index is 0.194. The highest BCUT2D eigenvalue weighted by molar-refractivity contribution is 7.91. The second-order valence-electron chi connectivity index (χ2n) is 7.85. The van der Waals surface area contributed by atoms with E-state index in [2.05, 4.69) is 29.4 Å². The van der Waals surface area contributed by atoms with Gasteiger partial charge in [-0.3, -0.25) is 14.9 Å². The summed E-state index contributed by atoms with van der Waals surface area (Å²) in [5.41, 5.74) is 2.75. The average molecular weight is 488 g/mol. The molecular formula is C23H25N3O5S2. The number of carbonyl (C=O) groups is 2. The molecule has 174 valence electrons. The zero-order valence-electron chi connectivity index (χ0n) is 18.8. The van der Waals surface area contributed by atoms with Crippen molar-refractivity contribution in [3.63, 3.8) is 0 Å². The normalized spacial score (nSPS) is 11.4. The Morgan fingerprint density at radius 3 is 2.39 bits per heavy atom. The van der Waals surface area contributed by atoms with Crippen molar-refractivity contribution < 1.29 is 22.7 Å². The predicted molar refractivity (Wildman–Crippen MR) is 129 cm³/mol. The number of benzene rings is 2. The number of ether oxygens (including phenoxy) is 1. The fraction of sp³-hybridized carbons (Fsp3) is 0.304. The molecule has 3 aromatic rings. The van der Waals surface area contributed by atoms with Crippen molar-refractivity contribution in [2.45, 2.75) is 32.4 Å². The van der Waals surface area contributed by atoms with Crippen LogP contribution in [-0.4, -0.2) is 43.2 Å². The maximum atomic E-state index is 12.6. The summed E-state index contributed by atoms with van der Waals surface area (Å²) in [6, 6.07) is 12.5. The molecule has 33 heavy (non-hydrogen) atoms. The Bertz CT molecular complexity index is 1270. The topological polar surface area (TPSA) is 115 Å². The fourth-order valence-electron chi connectivity index (χ4n) is 3.15. The summed E-state index contributed by atoms with van der Waals surface area (Å²) in [6.45, 7) is 5.61. The van der Waals surface area contributed by atoms with Gasteiger partial charge in [-0.15, -0.1) is 10.2 Å². The molecule has 0 atom stereocenters. The van der Waals surface area contributed by atoms with Gasteiger partial charge in [0.15, 0.2) is 15.6 Å². The number of amides is 1. The first kappa shape index (κ1) is 24.5. The average Bonchev–Trinajstić information content (AvgIpc) is 3.21. The third kappa shape index (κ3) is 6.45. The maximum absolute atomic E-state index is 12.6. The van der Waals surface area contributed by atoms with Gasteiger partial charge in [-0.05, 0) is 36.6 Å². The molecule has 0 radical (unpaired) electrons. The van der Waals surface area contributed by atoms with Crippen molar-refractivity contribution in [1.29, 1.82) is 0 Å². The number of anilines is 1. The maximum Gasteiger partial charge on any atom is 0.241 e. The van der Waals surface area contributed by atoms with E-state index in [1.807, 2.05) is 24.3 Å². The van der Waals surface area contributed by atoms with Gasteiger partial charge in [0, 0.05) is 16.7 Å². The highest BCUT2D eigenvalue weighted by atomic mass is 32.2. The standard InChI is InChI=1S/C23H25N3O5S2/c1-14(2)16-5-7-17(8-6-16)22-25-26-23(32-22)24-21(28)13-33(29,30)12-19-11-18(15(3)27)9-10-20(19)31-4/h5-11,14H,12-13H2,1-4H3,(H,24,26,28). The van der Waals surface area contributed by atoms with E-state index in [1.54, 1.807) is 6.07 Å². The van der Waals surface area contributed by atoms with Gasteiger partial charge in [0.05, 0.1) is 12.9 Å². The predicted octanol–water partition coefficient (Wildman–Crippen LogP) is 4.09. The third-order valence-corrected chi connectivity index (χ3v) is 7.25. The molecule has 0 aliphatic heterocycles. The second kappa shape index (κ2) is 10.2. The molecule has 0 aliphatic rings. The monoisotopic (exact) mass is 487 g/mol. The lowest BCUT2D eigenvalue weighted by Gasteiger charge is -2.10. The molecule has 0 saturated carbocycles. The van der Waals surface area contributed by atoms with Crippen LogP contribution < -0.4 is 10.1 Å². The molecular weight excluding hydrogens is 462 g/mol. The highest BCUT2D eigenvalue weighted by Gasteiger charge is 2.21. The number of carbonyl (C=O) groups excluding carboxylic acids is 2. The summed E-state index contributed by atoms with van der Waals surface area (Å²) in [6.07, 6.45) is 0. The van der Waals surface area contributed by atoms with E-state index in [0.29, 0.717) is 27.8 Å². The van der Waals surface area contributed by atoms with E-state index >= 15 is 0 Å². The van der Waals surface area contributed by atoms with Gasteiger partial charge >= 0.3 is 0 Å². The minimum Gasteiger partial charge on any atom is -0.496 e. The SMILES string of the molecule is COc1ccc(C(C)=O)cc1CS(=O)(=O)CC(=O)Nc1nnc(-c2ccc(C(C)C)cc2)s1. The first-order valence-corrected chi connectivity index (χ1v) is 12.8. The molecule has 0 spiro atoms. The molecule has 2 aromatic carbocycles. The summed E-state index contributed by atoms with van der Waals surface area (Å²) in [5.74, 6) is -1.34. The van der Waals surface area contributed by atoms with Gasteiger partial charge in [0.25, 0.3) is 0 Å². The molecule has 0 fully saturated rings. The first-order chi connectivity index (χ1) is 15.6. The molecule has 0 unspecified atom stereocenters. The van der Waals surface area contributed by atoms with Crippen LogP contribution in [0.1, 0.15) is 48.2 Å². The first-order valence-electron chi connectivity index (χ1n) is 10.2. The van der Waals surface area contributed by atoms with Gasteiger partial charge in [0.1, 0.15) is 16.5 Å². The lowest BCUT2D eigenvalue weighted by Crippen LogP contribution is -2.24. The molecule has 0 aliphatic carbocycles. The van der Waals surface area contributed by atoms with Crippen LogP contribution in [-0.2, 0) is 20.4 Å². The number of methoxy groups -OCH3 is 1. The molecule has 1 amide bonds. The number of Topliss-reactive ketones (excluding diaryl/α,β-unsaturated/α-hetero) is 1. The molecule has 0 bridgehead atoms. The van der Waals surface area contributed by atoms with E-state index in [1.165, 1.54) is 31.7 Å². The van der Waals surface area contributed by atoms with E-state index in [4.69, 9.17) is 4.74 Å². The zero-order chi connectivity index (χ0) is 24.2. The molecule has 1 aromatic heterocycles. The number of hydrogen-bond donors (Lipinski definition) is 1. The van der Waals surface area contributed by atoms with Crippen LogP contribution in [0.2, 0.25) is 0 Å². The van der Waals surface area contributed by atoms with Gasteiger partial charge < -0.3 is 4.74 Å². The van der Waals surface area contributed by atoms with Gasteiger partial charge in [-0.25, -0.2) is 8.42 Å². The number of hydrogen-bond acceptors (Lipinski definition) is 8. The lowest BCUT2D eigenvalue weighted by molar-refractivity contribution is -0.113. The van der Waals surface area contributed by atoms with Crippen LogP contribution in [0, 0.1) is 0 Å². The van der Waals surface area contributed by atoms with E-state index in [9.17, 15) is 18.0 Å². The molecule has 1 N–H and O–H groups in total. The Kier molecular flexibility index (Phi) is 7.60. The van der Waals surface area contributed by atoms with Crippen LogP contribution in [0.25, 0.3) is 10.6 Å². The quantitative estimate of drug-likeness (QED) is 0.452. The summed E-state index contributed by atoms with van der Waals surface area (Å²) >= 11 is 1.16. The van der Waals surface area contributed by atoms with Crippen LogP contribution in [0.4, 0.5) is 5.13 Å². The Hall–Kier alpha value is -3.11. The van der Waals surface area contributed by atoms with Crippen molar-refractivity contribution in [1.82, 2.24) is 10.2 Å². The van der Waals surface area contributed by atoms with Gasteiger partial charge in [0.2, 0.25) is 11.0 Å². The third-order valence-electron chi connectivity index (χ3n) is 4.91. The van der Waals surface area contributed by atoms with Crippen LogP contribution in [0.5, 0.6) is 5.75 Å². The van der Waals surface area contributed by atoms with Crippen molar-refractivity contribution in [3.8, 4) is 16.3 Å². The van der Waals surface area contributed by atoms with E-state index in [-0.39, 0.29) is 10.9 Å². The summed E-state index contributed by atoms with van der Waals surface area (Å²) in [5, 5.41) is 11.4. The van der Waals surface area contributed by atoms with Gasteiger partial charge in [-0.1, -0.05) is 49.4 Å². The van der Waals surface area contributed by atoms with Gasteiger partial charge in [-0.2, -0.15) is 0 Å². The Morgan fingerprint density at radius 1 is 1.09 bits per heavy atom. The van der Waals surface area contributed by atoms with E-state index < -0.39 is 27.3 Å². The number of nitrogens with zero attached hydrogens (tertiary/aromatic N) is 2. The Balaban J connectivity index is 1.67. The number of aromatic nitrogens is 2. The van der Waals surface area contributed by atoms with Crippen LogP contribution in [0.3, 0.4) is 0 Å². The summed E-state index contributed by atoms with van der Waals surface area (Å²) in [7, 11) is -2.42. The highest BCUT2D eigenvalue weighted by Crippen LogP contribution is 2.28. The van der Waals surface area contributed by atoms with Crippen molar-refractivity contribution in [3.05, 3.63) is 59.2 Å². The van der Waals surface area contributed by atoms with Crippen molar-refractivity contribution in [2.75, 3.05) is 18.2 Å². The fourth-order valence-corrected chi connectivity index (χ4v) is 5.19. The Labute approximate surface area is 196 Å². The van der Waals surface area contributed by atoms with Crippen LogP contribution >= 0.6 is 11.3 Å². The molecule has 0 saturated heterocycles. The van der Waals surface area contributed by atoms with Crippen molar-refractivity contribution >= 4 is 38.0 Å². The number of rotatable bonds is 9. The van der Waals surface area contributed by atoms with Crippen molar-refractivity contribution in [2.24, 2.45) is 0 Å². The number of nitrogens with one attached hydrogen (secondary N) is 1. The molecule has 8 nitrogen and oxygen atoms in total. The summed E-state index contributed by atoms with van der Waals surface area (Å²) < 4.78 is 30.5. The minimum atomic E-state index is -3.83.